The number of aryl methyl sites for hydroxylation is 1. The Balaban J connectivity index is 2.22. The highest BCUT2D eigenvalue weighted by Crippen LogP contribution is 2.35. The second-order valence-electron chi connectivity index (χ2n) is 4.60. The van der Waals surface area contributed by atoms with Gasteiger partial charge in [0.2, 0.25) is 0 Å². The highest BCUT2D eigenvalue weighted by atomic mass is 15.3. The fraction of sp³-hybridized carbons (Fsp3) is 0.750. The van der Waals surface area contributed by atoms with Crippen molar-refractivity contribution < 1.29 is 0 Å². The van der Waals surface area contributed by atoms with E-state index in [4.69, 9.17) is 0 Å². The van der Waals surface area contributed by atoms with E-state index in [1.807, 2.05) is 13.2 Å². The maximum absolute atomic E-state index is 4.38. The first kappa shape index (κ1) is 11.6. The average molecular weight is 222 g/mol. The van der Waals surface area contributed by atoms with E-state index in [0.29, 0.717) is 12.0 Å². The molecule has 16 heavy (non-hydrogen) atoms. The molecule has 0 amide bonds. The second kappa shape index (κ2) is 4.97. The summed E-state index contributed by atoms with van der Waals surface area (Å²) in [6, 6.07) is 2.69. The molecule has 0 bridgehead atoms. The molecular formula is C12H22N4. The summed E-state index contributed by atoms with van der Waals surface area (Å²) in [4.78, 5) is 2.45. The number of nitrogens with one attached hydrogen (secondary N) is 1. The number of hydrogen-bond donors (Lipinski definition) is 1. The largest absolute Gasteiger partial charge is 0.319 e. The molecule has 0 aromatic carbocycles. The number of aromatic nitrogens is 2. The number of hydrogen-bond acceptors (Lipinski definition) is 3. The van der Waals surface area contributed by atoms with Gasteiger partial charge in [0.05, 0.1) is 11.7 Å². The number of nitrogens with zero attached hydrogens (tertiary/aromatic N) is 3. The van der Waals surface area contributed by atoms with Crippen molar-refractivity contribution in [3.63, 3.8) is 0 Å². The first-order valence-corrected chi connectivity index (χ1v) is 6.14. The van der Waals surface area contributed by atoms with Gasteiger partial charge in [-0.3, -0.25) is 9.58 Å². The van der Waals surface area contributed by atoms with Crippen LogP contribution in [-0.2, 0) is 6.54 Å². The molecule has 1 aromatic heterocycles. The molecule has 1 saturated heterocycles. The maximum atomic E-state index is 4.38. The predicted molar refractivity (Wildman–Crippen MR) is 65.3 cm³/mol. The molecule has 0 saturated carbocycles. The molecule has 2 atom stereocenters. The Morgan fingerprint density at radius 1 is 1.56 bits per heavy atom. The van der Waals surface area contributed by atoms with Gasteiger partial charge in [0.15, 0.2) is 0 Å². The van der Waals surface area contributed by atoms with Crippen LogP contribution >= 0.6 is 0 Å². The predicted octanol–water partition coefficient (Wildman–Crippen LogP) is 1.12. The summed E-state index contributed by atoms with van der Waals surface area (Å²) >= 11 is 0. The molecule has 90 valence electrons. The van der Waals surface area contributed by atoms with Gasteiger partial charge in [-0.15, -0.1) is 0 Å². The molecule has 1 aliphatic heterocycles. The zero-order valence-electron chi connectivity index (χ0n) is 10.5. The highest BCUT2D eigenvalue weighted by molar-refractivity contribution is 5.11. The molecule has 4 heteroatoms. The minimum absolute atomic E-state index is 0.523. The smallest absolute Gasteiger partial charge is 0.0558 e. The fourth-order valence-electron chi connectivity index (χ4n) is 2.83. The van der Waals surface area contributed by atoms with E-state index < -0.39 is 0 Å². The lowest BCUT2D eigenvalue weighted by atomic mass is 9.97. The molecule has 1 N–H and O–H groups in total. The van der Waals surface area contributed by atoms with Gasteiger partial charge >= 0.3 is 0 Å². The molecule has 1 fully saturated rings. The minimum Gasteiger partial charge on any atom is -0.319 e. The van der Waals surface area contributed by atoms with Crippen LogP contribution in [0, 0.1) is 5.92 Å². The molecular weight excluding hydrogens is 200 g/mol. The van der Waals surface area contributed by atoms with Gasteiger partial charge in [-0.25, -0.2) is 0 Å². The normalized spacial score (nSPS) is 26.4. The summed E-state index contributed by atoms with van der Waals surface area (Å²) in [5.41, 5.74) is 1.36. The Morgan fingerprint density at radius 3 is 3.06 bits per heavy atom. The van der Waals surface area contributed by atoms with Crippen molar-refractivity contribution in [1.29, 1.82) is 0 Å². The summed E-state index contributed by atoms with van der Waals surface area (Å²) < 4.78 is 2.12. The molecule has 1 aromatic rings. The van der Waals surface area contributed by atoms with Crippen LogP contribution in [0.3, 0.4) is 0 Å². The quantitative estimate of drug-likeness (QED) is 0.828. The van der Waals surface area contributed by atoms with E-state index in [2.05, 4.69) is 40.0 Å². The zero-order chi connectivity index (χ0) is 11.5. The monoisotopic (exact) mass is 222 g/mol. The van der Waals surface area contributed by atoms with Crippen LogP contribution < -0.4 is 5.32 Å². The van der Waals surface area contributed by atoms with Crippen molar-refractivity contribution in [2.24, 2.45) is 5.92 Å². The summed E-state index contributed by atoms with van der Waals surface area (Å²) in [5, 5.41) is 7.68. The van der Waals surface area contributed by atoms with Crippen LogP contribution in [-0.4, -0.2) is 41.9 Å². The average Bonchev–Trinajstić information content (AvgIpc) is 2.85. The van der Waals surface area contributed by atoms with Gasteiger partial charge < -0.3 is 5.32 Å². The van der Waals surface area contributed by atoms with Crippen LogP contribution in [0.5, 0.6) is 0 Å². The topological polar surface area (TPSA) is 33.1 Å². The third-order valence-corrected chi connectivity index (χ3v) is 3.59. The van der Waals surface area contributed by atoms with Crippen LogP contribution in [0.1, 0.15) is 25.1 Å². The van der Waals surface area contributed by atoms with Gasteiger partial charge in [-0.1, -0.05) is 0 Å². The van der Waals surface area contributed by atoms with Crippen molar-refractivity contribution in [1.82, 2.24) is 20.0 Å². The molecule has 2 unspecified atom stereocenters. The van der Waals surface area contributed by atoms with Crippen LogP contribution in [0.25, 0.3) is 0 Å². The van der Waals surface area contributed by atoms with Crippen molar-refractivity contribution in [3.8, 4) is 0 Å². The van der Waals surface area contributed by atoms with Gasteiger partial charge in [0.25, 0.3) is 0 Å². The summed E-state index contributed by atoms with van der Waals surface area (Å²) in [5.74, 6) is 0.706. The van der Waals surface area contributed by atoms with E-state index >= 15 is 0 Å². The molecule has 0 aliphatic carbocycles. The summed E-state index contributed by atoms with van der Waals surface area (Å²) in [6.07, 6.45) is 3.19. The first-order chi connectivity index (χ1) is 7.77. The Hall–Kier alpha value is -0.870. The third-order valence-electron chi connectivity index (χ3n) is 3.59. The summed E-state index contributed by atoms with van der Waals surface area (Å²) in [6.45, 7) is 5.38. The standard InChI is InChI=1S/C12H22N4/c1-4-16-11(5-7-14-16)12-10(9-13-2)6-8-15(12)3/h5,7,10,12-13H,4,6,8-9H2,1-3H3. The van der Waals surface area contributed by atoms with Crippen molar-refractivity contribution in [2.45, 2.75) is 25.9 Å². The van der Waals surface area contributed by atoms with E-state index in [-0.39, 0.29) is 0 Å². The maximum Gasteiger partial charge on any atom is 0.0558 e. The Bertz CT molecular complexity index is 332. The van der Waals surface area contributed by atoms with Crippen LogP contribution in [0.15, 0.2) is 12.3 Å². The minimum atomic E-state index is 0.523. The summed E-state index contributed by atoms with van der Waals surface area (Å²) in [7, 11) is 4.25. The number of rotatable bonds is 4. The first-order valence-electron chi connectivity index (χ1n) is 6.14. The Kier molecular flexibility index (Phi) is 3.61. The molecule has 0 radical (unpaired) electrons. The van der Waals surface area contributed by atoms with Crippen LogP contribution in [0.2, 0.25) is 0 Å². The van der Waals surface area contributed by atoms with E-state index in [1.165, 1.54) is 18.7 Å². The lowest BCUT2D eigenvalue weighted by Crippen LogP contribution is -2.28. The van der Waals surface area contributed by atoms with Gasteiger partial charge in [0, 0.05) is 12.7 Å². The van der Waals surface area contributed by atoms with E-state index in [9.17, 15) is 0 Å². The van der Waals surface area contributed by atoms with Crippen LogP contribution in [0.4, 0.5) is 0 Å². The van der Waals surface area contributed by atoms with Gasteiger partial charge in [-0.05, 0) is 52.5 Å². The zero-order valence-corrected chi connectivity index (χ0v) is 10.5. The molecule has 4 nitrogen and oxygen atoms in total. The van der Waals surface area contributed by atoms with Gasteiger partial charge in [-0.2, -0.15) is 5.10 Å². The molecule has 2 heterocycles. The Labute approximate surface area is 97.6 Å². The second-order valence-corrected chi connectivity index (χ2v) is 4.60. The van der Waals surface area contributed by atoms with Crippen molar-refractivity contribution in [2.75, 3.05) is 27.2 Å². The Morgan fingerprint density at radius 2 is 2.38 bits per heavy atom. The fourth-order valence-corrected chi connectivity index (χ4v) is 2.83. The molecule has 1 aliphatic rings. The number of likely N-dealkylation sites (tertiary alicyclic amines) is 1. The lowest BCUT2D eigenvalue weighted by molar-refractivity contribution is 0.259. The molecule has 2 rings (SSSR count). The van der Waals surface area contributed by atoms with E-state index in [0.717, 1.165) is 13.1 Å². The van der Waals surface area contributed by atoms with Crippen molar-refractivity contribution in [3.05, 3.63) is 18.0 Å². The van der Waals surface area contributed by atoms with E-state index in [1.54, 1.807) is 0 Å². The lowest BCUT2D eigenvalue weighted by Gasteiger charge is -2.25. The van der Waals surface area contributed by atoms with Crippen molar-refractivity contribution >= 4 is 0 Å². The third kappa shape index (κ3) is 1.99. The van der Waals surface area contributed by atoms with Gasteiger partial charge in [0.1, 0.15) is 0 Å². The molecule has 0 spiro atoms. The SMILES string of the molecule is CCn1nccc1C1C(CNC)CCN1C. The highest BCUT2D eigenvalue weighted by Gasteiger charge is 2.34.